The maximum atomic E-state index is 12.2. The summed E-state index contributed by atoms with van der Waals surface area (Å²) >= 11 is 5.72. The lowest BCUT2D eigenvalue weighted by molar-refractivity contribution is -0.135. The van der Waals surface area contributed by atoms with Gasteiger partial charge in [-0.05, 0) is 31.2 Å². The predicted octanol–water partition coefficient (Wildman–Crippen LogP) is 1.36. The van der Waals surface area contributed by atoms with Crippen molar-refractivity contribution in [1.82, 2.24) is 4.90 Å². The SMILES string of the molecule is CC1CN(C(=O)CS(=O)(=O)c2ccc(Cl)cc2)CCO1. The van der Waals surface area contributed by atoms with E-state index < -0.39 is 21.5 Å². The number of ether oxygens (including phenoxy) is 1. The fraction of sp³-hybridized carbons (Fsp3) is 0.462. The highest BCUT2D eigenvalue weighted by Gasteiger charge is 2.26. The lowest BCUT2D eigenvalue weighted by Gasteiger charge is -2.31. The fourth-order valence-electron chi connectivity index (χ4n) is 2.02. The van der Waals surface area contributed by atoms with Gasteiger partial charge in [-0.15, -0.1) is 0 Å². The number of amides is 1. The number of sulfone groups is 1. The van der Waals surface area contributed by atoms with E-state index in [1.165, 1.54) is 29.2 Å². The highest BCUT2D eigenvalue weighted by molar-refractivity contribution is 7.92. The van der Waals surface area contributed by atoms with Crippen LogP contribution in [-0.4, -0.2) is 50.8 Å². The van der Waals surface area contributed by atoms with Crippen molar-refractivity contribution in [2.75, 3.05) is 25.4 Å². The third-order valence-electron chi connectivity index (χ3n) is 3.08. The number of benzene rings is 1. The molecule has 2 rings (SSSR count). The van der Waals surface area contributed by atoms with Gasteiger partial charge in [-0.25, -0.2) is 8.42 Å². The zero-order valence-electron chi connectivity index (χ0n) is 11.1. The second kappa shape index (κ2) is 6.11. The molecule has 1 unspecified atom stereocenters. The van der Waals surface area contributed by atoms with Crippen molar-refractivity contribution in [3.8, 4) is 0 Å². The molecule has 1 aromatic rings. The maximum absolute atomic E-state index is 12.2. The molecule has 1 amide bonds. The van der Waals surface area contributed by atoms with E-state index in [4.69, 9.17) is 16.3 Å². The molecule has 110 valence electrons. The molecule has 0 aromatic heterocycles. The van der Waals surface area contributed by atoms with Gasteiger partial charge in [0.25, 0.3) is 0 Å². The Labute approximate surface area is 123 Å². The van der Waals surface area contributed by atoms with E-state index >= 15 is 0 Å². The minimum atomic E-state index is -3.63. The highest BCUT2D eigenvalue weighted by atomic mass is 35.5. The summed E-state index contributed by atoms with van der Waals surface area (Å²) in [7, 11) is -3.63. The lowest BCUT2D eigenvalue weighted by Crippen LogP contribution is -2.46. The van der Waals surface area contributed by atoms with Gasteiger partial charge >= 0.3 is 0 Å². The van der Waals surface area contributed by atoms with E-state index in [0.29, 0.717) is 24.7 Å². The Morgan fingerprint density at radius 2 is 2.05 bits per heavy atom. The first-order valence-electron chi connectivity index (χ1n) is 6.26. The zero-order valence-corrected chi connectivity index (χ0v) is 12.7. The molecule has 0 bridgehead atoms. The first-order chi connectivity index (χ1) is 9.38. The van der Waals surface area contributed by atoms with Gasteiger partial charge in [0.2, 0.25) is 5.91 Å². The summed E-state index contributed by atoms with van der Waals surface area (Å²) < 4.78 is 29.6. The van der Waals surface area contributed by atoms with Crippen molar-refractivity contribution in [3.05, 3.63) is 29.3 Å². The smallest absolute Gasteiger partial charge is 0.238 e. The number of hydrogen-bond acceptors (Lipinski definition) is 4. The average molecular weight is 318 g/mol. The first kappa shape index (κ1) is 15.3. The van der Waals surface area contributed by atoms with Crippen molar-refractivity contribution in [3.63, 3.8) is 0 Å². The second-order valence-electron chi connectivity index (χ2n) is 4.73. The summed E-state index contributed by atoms with van der Waals surface area (Å²) in [6.07, 6.45) is -0.0639. The van der Waals surface area contributed by atoms with Crippen LogP contribution in [0.25, 0.3) is 0 Å². The summed E-state index contributed by atoms with van der Waals surface area (Å²) in [5, 5.41) is 0.456. The Balaban J connectivity index is 2.08. The standard InChI is InChI=1S/C13H16ClNO4S/c1-10-8-15(6-7-19-10)13(16)9-20(17,18)12-4-2-11(14)3-5-12/h2-5,10H,6-9H2,1H3. The molecule has 1 fully saturated rings. The average Bonchev–Trinajstić information content (AvgIpc) is 2.38. The van der Waals surface area contributed by atoms with E-state index in [2.05, 4.69) is 0 Å². The Hall–Kier alpha value is -1.11. The summed E-state index contributed by atoms with van der Waals surface area (Å²) in [4.78, 5) is 13.7. The molecule has 7 heteroatoms. The molecule has 0 N–H and O–H groups in total. The summed E-state index contributed by atoms with van der Waals surface area (Å²) in [6, 6.07) is 5.81. The summed E-state index contributed by atoms with van der Waals surface area (Å²) in [5.74, 6) is -0.920. The van der Waals surface area contributed by atoms with Crippen LogP contribution < -0.4 is 0 Å². The monoisotopic (exact) mass is 317 g/mol. The molecule has 0 saturated carbocycles. The number of carbonyl (C=O) groups excluding carboxylic acids is 1. The lowest BCUT2D eigenvalue weighted by atomic mass is 10.3. The van der Waals surface area contributed by atoms with Crippen molar-refractivity contribution in [1.29, 1.82) is 0 Å². The van der Waals surface area contributed by atoms with Gasteiger partial charge in [0, 0.05) is 18.1 Å². The van der Waals surface area contributed by atoms with Gasteiger partial charge in [0.1, 0.15) is 5.75 Å². The van der Waals surface area contributed by atoms with E-state index in [1.54, 1.807) is 0 Å². The van der Waals surface area contributed by atoms with Gasteiger partial charge in [0.05, 0.1) is 17.6 Å². The molecule has 1 aliphatic rings. The molecule has 0 aliphatic carbocycles. The van der Waals surface area contributed by atoms with Crippen LogP contribution >= 0.6 is 11.6 Å². The van der Waals surface area contributed by atoms with Crippen molar-refractivity contribution >= 4 is 27.3 Å². The van der Waals surface area contributed by atoms with Crippen molar-refractivity contribution in [2.24, 2.45) is 0 Å². The third kappa shape index (κ3) is 3.71. The normalized spacial score (nSPS) is 19.9. The minimum Gasteiger partial charge on any atom is -0.375 e. The first-order valence-corrected chi connectivity index (χ1v) is 8.29. The molecule has 1 saturated heterocycles. The summed E-state index contributed by atoms with van der Waals surface area (Å²) in [5.41, 5.74) is 0. The number of rotatable bonds is 3. The topological polar surface area (TPSA) is 63.7 Å². The molecule has 1 heterocycles. The molecule has 20 heavy (non-hydrogen) atoms. The third-order valence-corrected chi connectivity index (χ3v) is 4.95. The van der Waals surface area contributed by atoms with Crippen LogP contribution in [0.2, 0.25) is 5.02 Å². The van der Waals surface area contributed by atoms with Gasteiger partial charge in [0.15, 0.2) is 9.84 Å². The van der Waals surface area contributed by atoms with Crippen LogP contribution in [0.1, 0.15) is 6.92 Å². The molecule has 0 spiro atoms. The number of nitrogens with zero attached hydrogens (tertiary/aromatic N) is 1. The molecule has 1 atom stereocenters. The van der Waals surface area contributed by atoms with Crippen LogP contribution in [0.3, 0.4) is 0 Å². The van der Waals surface area contributed by atoms with Crippen LogP contribution in [0.4, 0.5) is 0 Å². The van der Waals surface area contributed by atoms with Gasteiger partial charge in [-0.1, -0.05) is 11.6 Å². The zero-order chi connectivity index (χ0) is 14.8. The van der Waals surface area contributed by atoms with Crippen molar-refractivity contribution < 1.29 is 17.9 Å². The minimum absolute atomic E-state index is 0.0639. The summed E-state index contributed by atoms with van der Waals surface area (Å²) in [6.45, 7) is 3.15. The Kier molecular flexibility index (Phi) is 4.67. The quantitative estimate of drug-likeness (QED) is 0.844. The number of carbonyl (C=O) groups is 1. The predicted molar refractivity (Wildman–Crippen MR) is 75.5 cm³/mol. The van der Waals surface area contributed by atoms with E-state index in [0.717, 1.165) is 0 Å². The highest BCUT2D eigenvalue weighted by Crippen LogP contribution is 2.16. The maximum Gasteiger partial charge on any atom is 0.238 e. The van der Waals surface area contributed by atoms with Crippen LogP contribution in [-0.2, 0) is 19.4 Å². The molecule has 0 radical (unpaired) electrons. The van der Waals surface area contributed by atoms with Crippen LogP contribution in [0.15, 0.2) is 29.2 Å². The molecular weight excluding hydrogens is 302 g/mol. The van der Waals surface area contributed by atoms with Gasteiger partial charge in [-0.2, -0.15) is 0 Å². The van der Waals surface area contributed by atoms with Gasteiger partial charge < -0.3 is 9.64 Å². The van der Waals surface area contributed by atoms with Crippen LogP contribution in [0, 0.1) is 0 Å². The Bertz CT molecular complexity index is 585. The number of halogens is 1. The molecule has 1 aliphatic heterocycles. The Morgan fingerprint density at radius 3 is 2.65 bits per heavy atom. The second-order valence-corrected chi connectivity index (χ2v) is 7.16. The molecule has 1 aromatic carbocycles. The Morgan fingerprint density at radius 1 is 1.40 bits per heavy atom. The van der Waals surface area contributed by atoms with E-state index in [9.17, 15) is 13.2 Å². The largest absolute Gasteiger partial charge is 0.375 e. The molecular formula is C13H16ClNO4S. The van der Waals surface area contributed by atoms with E-state index in [1.807, 2.05) is 6.92 Å². The van der Waals surface area contributed by atoms with Gasteiger partial charge in [-0.3, -0.25) is 4.79 Å². The van der Waals surface area contributed by atoms with E-state index in [-0.39, 0.29) is 11.0 Å². The fourth-order valence-corrected chi connectivity index (χ4v) is 3.38. The number of morpholine rings is 1. The van der Waals surface area contributed by atoms with Crippen LogP contribution in [0.5, 0.6) is 0 Å². The van der Waals surface area contributed by atoms with Crippen molar-refractivity contribution in [2.45, 2.75) is 17.9 Å². The number of hydrogen-bond donors (Lipinski definition) is 0. The molecule has 5 nitrogen and oxygen atoms in total.